The van der Waals surface area contributed by atoms with E-state index in [9.17, 15) is 27.9 Å². The number of amides is 2. The van der Waals surface area contributed by atoms with Gasteiger partial charge in [0.15, 0.2) is 0 Å². The van der Waals surface area contributed by atoms with Crippen LogP contribution in [0, 0.1) is 5.92 Å². The molecular formula is C17H20N2O6S. The van der Waals surface area contributed by atoms with Crippen LogP contribution < -0.4 is 0 Å². The fraction of sp³-hybridized carbons (Fsp3) is 0.471. The Morgan fingerprint density at radius 2 is 1.92 bits per heavy atom. The van der Waals surface area contributed by atoms with Crippen LogP contribution in [0.3, 0.4) is 0 Å². The molecule has 2 atom stereocenters. The number of rotatable bonds is 3. The van der Waals surface area contributed by atoms with Gasteiger partial charge in [0.05, 0.1) is 11.5 Å². The van der Waals surface area contributed by atoms with Crippen LogP contribution in [-0.2, 0) is 14.8 Å². The van der Waals surface area contributed by atoms with E-state index in [1.165, 1.54) is 23.1 Å². The van der Waals surface area contributed by atoms with Crippen molar-refractivity contribution in [1.82, 2.24) is 9.21 Å². The number of sulfonamides is 1. The van der Waals surface area contributed by atoms with E-state index in [0.29, 0.717) is 6.42 Å². The topological polar surface area (TPSA) is 112 Å². The molecule has 0 radical (unpaired) electrons. The standard InChI is InChI=1S/C17H20N2O6S/c1-9(2)19-16(21)13-5-4-11(8-14(13)26(19,24)25)15(20)18-7-6-12(10(18)3)17(22)23/h4-5,8-10,12H,6-7H2,1-3H3,(H,22,23). The van der Waals surface area contributed by atoms with E-state index in [4.69, 9.17) is 0 Å². The Balaban J connectivity index is 1.97. The van der Waals surface area contributed by atoms with Crippen LogP contribution in [0.4, 0.5) is 0 Å². The van der Waals surface area contributed by atoms with Crippen LogP contribution in [-0.4, -0.2) is 59.1 Å². The van der Waals surface area contributed by atoms with Gasteiger partial charge in [-0.25, -0.2) is 12.7 Å². The van der Waals surface area contributed by atoms with Gasteiger partial charge in [-0.15, -0.1) is 0 Å². The molecule has 2 amide bonds. The van der Waals surface area contributed by atoms with Crippen LogP contribution in [0.1, 0.15) is 47.9 Å². The third-order valence-electron chi connectivity index (χ3n) is 5.00. The van der Waals surface area contributed by atoms with Gasteiger partial charge in [0, 0.05) is 24.2 Å². The van der Waals surface area contributed by atoms with Crippen molar-refractivity contribution in [3.8, 4) is 0 Å². The first-order valence-electron chi connectivity index (χ1n) is 8.34. The summed E-state index contributed by atoms with van der Waals surface area (Å²) >= 11 is 0. The van der Waals surface area contributed by atoms with E-state index >= 15 is 0 Å². The lowest BCUT2D eigenvalue weighted by molar-refractivity contribution is -0.142. The maximum absolute atomic E-state index is 12.8. The molecule has 140 valence electrons. The molecule has 2 aliphatic rings. The van der Waals surface area contributed by atoms with Gasteiger partial charge >= 0.3 is 5.97 Å². The zero-order valence-electron chi connectivity index (χ0n) is 14.7. The Hall–Kier alpha value is -2.42. The lowest BCUT2D eigenvalue weighted by Crippen LogP contribution is -2.37. The first-order valence-corrected chi connectivity index (χ1v) is 9.78. The molecule has 0 saturated carbocycles. The van der Waals surface area contributed by atoms with Crippen LogP contribution in [0.5, 0.6) is 0 Å². The number of carboxylic acid groups (broad SMARTS) is 1. The number of likely N-dealkylation sites (tertiary alicyclic amines) is 1. The average Bonchev–Trinajstić information content (AvgIpc) is 3.02. The maximum atomic E-state index is 12.8. The second kappa shape index (κ2) is 6.08. The lowest BCUT2D eigenvalue weighted by atomic mass is 10.0. The number of hydrogen-bond acceptors (Lipinski definition) is 5. The number of nitrogens with zero attached hydrogens (tertiary/aromatic N) is 2. The van der Waals surface area contributed by atoms with Gasteiger partial charge in [0.1, 0.15) is 4.90 Å². The van der Waals surface area contributed by atoms with Gasteiger partial charge in [0.2, 0.25) is 0 Å². The van der Waals surface area contributed by atoms with Crippen molar-refractivity contribution in [3.63, 3.8) is 0 Å². The number of fused-ring (bicyclic) bond motifs is 1. The fourth-order valence-corrected chi connectivity index (χ4v) is 5.41. The molecule has 0 spiro atoms. The van der Waals surface area contributed by atoms with Crippen LogP contribution in [0.15, 0.2) is 23.1 Å². The Morgan fingerprint density at radius 3 is 2.46 bits per heavy atom. The summed E-state index contributed by atoms with van der Waals surface area (Å²) in [6, 6.07) is 2.96. The summed E-state index contributed by atoms with van der Waals surface area (Å²) in [5, 5.41) is 9.20. The molecule has 2 unspecified atom stereocenters. The molecule has 1 N–H and O–H groups in total. The first kappa shape index (κ1) is 18.4. The number of aliphatic carboxylic acids is 1. The predicted octanol–water partition coefficient (Wildman–Crippen LogP) is 1.17. The Kier molecular flexibility index (Phi) is 4.30. The molecule has 0 bridgehead atoms. The van der Waals surface area contributed by atoms with Gasteiger partial charge in [-0.1, -0.05) is 0 Å². The average molecular weight is 380 g/mol. The Bertz CT molecular complexity index is 908. The van der Waals surface area contributed by atoms with E-state index < -0.39 is 45.8 Å². The van der Waals surface area contributed by atoms with Crippen LogP contribution in [0.2, 0.25) is 0 Å². The second-order valence-corrected chi connectivity index (χ2v) is 8.67. The number of carboxylic acids is 1. The highest BCUT2D eigenvalue weighted by atomic mass is 32.2. The number of benzene rings is 1. The highest BCUT2D eigenvalue weighted by molar-refractivity contribution is 7.90. The summed E-state index contributed by atoms with van der Waals surface area (Å²) in [6.45, 7) is 5.16. The second-order valence-electron chi connectivity index (χ2n) is 6.88. The summed E-state index contributed by atoms with van der Waals surface area (Å²) in [7, 11) is -3.99. The third-order valence-corrected chi connectivity index (χ3v) is 7.00. The first-order chi connectivity index (χ1) is 12.1. The van der Waals surface area contributed by atoms with Crippen LogP contribution >= 0.6 is 0 Å². The van der Waals surface area contributed by atoms with Crippen molar-refractivity contribution in [3.05, 3.63) is 29.3 Å². The minimum absolute atomic E-state index is 0.0492. The largest absolute Gasteiger partial charge is 0.481 e. The number of carbonyl (C=O) groups excluding carboxylic acids is 2. The molecule has 2 aliphatic heterocycles. The molecule has 1 fully saturated rings. The number of hydrogen-bond donors (Lipinski definition) is 1. The third kappa shape index (κ3) is 2.57. The van der Waals surface area contributed by atoms with Crippen molar-refractivity contribution >= 4 is 27.8 Å². The summed E-state index contributed by atoms with van der Waals surface area (Å²) in [5.41, 5.74) is 0.178. The summed E-state index contributed by atoms with van der Waals surface area (Å²) in [6.07, 6.45) is 0.352. The molecule has 1 saturated heterocycles. The van der Waals surface area contributed by atoms with Crippen molar-refractivity contribution in [2.45, 2.75) is 44.2 Å². The highest BCUT2D eigenvalue weighted by Crippen LogP contribution is 2.33. The minimum atomic E-state index is -3.99. The van der Waals surface area contributed by atoms with Crippen molar-refractivity contribution in [1.29, 1.82) is 0 Å². The zero-order valence-corrected chi connectivity index (χ0v) is 15.5. The van der Waals surface area contributed by atoms with E-state index in [0.717, 1.165) is 4.31 Å². The lowest BCUT2D eigenvalue weighted by Gasteiger charge is -2.23. The van der Waals surface area contributed by atoms with Gasteiger partial charge in [-0.3, -0.25) is 14.4 Å². The van der Waals surface area contributed by atoms with Gasteiger partial charge < -0.3 is 10.0 Å². The van der Waals surface area contributed by atoms with E-state index in [1.807, 2.05) is 0 Å². The van der Waals surface area contributed by atoms with Crippen molar-refractivity contribution in [2.24, 2.45) is 5.92 Å². The maximum Gasteiger partial charge on any atom is 0.308 e. The van der Waals surface area contributed by atoms with E-state index in [-0.39, 0.29) is 22.6 Å². The summed E-state index contributed by atoms with van der Waals surface area (Å²) in [4.78, 5) is 37.6. The molecule has 8 nitrogen and oxygen atoms in total. The van der Waals surface area contributed by atoms with Crippen molar-refractivity contribution < 1.29 is 27.9 Å². The molecule has 2 heterocycles. The summed E-state index contributed by atoms with van der Waals surface area (Å²) in [5.74, 6) is -2.64. The molecular weight excluding hydrogens is 360 g/mol. The molecule has 1 aromatic carbocycles. The SMILES string of the molecule is CC1C(C(=O)O)CCN1C(=O)c1ccc2c(c1)S(=O)(=O)N(C(C)C)C2=O. The molecule has 26 heavy (non-hydrogen) atoms. The van der Waals surface area contributed by atoms with E-state index in [1.54, 1.807) is 20.8 Å². The van der Waals surface area contributed by atoms with E-state index in [2.05, 4.69) is 0 Å². The minimum Gasteiger partial charge on any atom is -0.481 e. The normalized spacial score (nSPS) is 24.2. The molecule has 3 rings (SSSR count). The predicted molar refractivity (Wildman–Crippen MR) is 91.2 cm³/mol. The van der Waals surface area contributed by atoms with Gasteiger partial charge in [0.25, 0.3) is 21.8 Å². The van der Waals surface area contributed by atoms with Crippen molar-refractivity contribution in [2.75, 3.05) is 6.54 Å². The Morgan fingerprint density at radius 1 is 1.27 bits per heavy atom. The monoisotopic (exact) mass is 380 g/mol. The van der Waals surface area contributed by atoms with Gasteiger partial charge in [-0.05, 0) is 45.4 Å². The molecule has 9 heteroatoms. The van der Waals surface area contributed by atoms with Crippen LogP contribution in [0.25, 0.3) is 0 Å². The molecule has 0 aliphatic carbocycles. The highest BCUT2D eigenvalue weighted by Gasteiger charge is 2.44. The fourth-order valence-electron chi connectivity index (χ4n) is 3.61. The van der Waals surface area contributed by atoms with Gasteiger partial charge in [-0.2, -0.15) is 0 Å². The Labute approximate surface area is 151 Å². The number of carbonyl (C=O) groups is 3. The molecule has 0 aromatic heterocycles. The zero-order chi connectivity index (χ0) is 19.4. The quantitative estimate of drug-likeness (QED) is 0.842. The molecule has 1 aromatic rings. The summed E-state index contributed by atoms with van der Waals surface area (Å²) < 4.78 is 26.1. The smallest absolute Gasteiger partial charge is 0.308 e.